The van der Waals surface area contributed by atoms with Crippen molar-refractivity contribution in [3.63, 3.8) is 0 Å². The van der Waals surface area contributed by atoms with E-state index in [2.05, 4.69) is 65.5 Å². The maximum absolute atomic E-state index is 3.26. The molecule has 0 saturated carbocycles. The Morgan fingerprint density at radius 1 is 0.762 bits per heavy atom. The third-order valence-electron chi connectivity index (χ3n) is 3.64. The Labute approximate surface area is 123 Å². The van der Waals surface area contributed by atoms with E-state index in [-0.39, 0.29) is 0 Å². The molecule has 0 fully saturated rings. The zero-order chi connectivity index (χ0) is 14.1. The summed E-state index contributed by atoms with van der Waals surface area (Å²) in [6.07, 6.45) is 5.30. The van der Waals surface area contributed by atoms with Crippen molar-refractivity contribution >= 4 is 10.8 Å². The van der Waals surface area contributed by atoms with Gasteiger partial charge in [-0.1, -0.05) is 60.7 Å². The monoisotopic (exact) mass is 270 g/mol. The van der Waals surface area contributed by atoms with Crippen molar-refractivity contribution in [2.45, 2.75) is 0 Å². The van der Waals surface area contributed by atoms with Crippen molar-refractivity contribution in [1.29, 1.82) is 0 Å². The van der Waals surface area contributed by atoms with Crippen LogP contribution in [0.4, 0.5) is 0 Å². The lowest BCUT2D eigenvalue weighted by atomic mass is 10.1. The van der Waals surface area contributed by atoms with Crippen LogP contribution in [-0.2, 0) is 0 Å². The minimum atomic E-state index is 1.09. The Morgan fingerprint density at radius 3 is 2.43 bits per heavy atom. The molecule has 0 aliphatic rings. The quantitative estimate of drug-likeness (QED) is 0.388. The molecule has 0 radical (unpaired) electrons. The Hall–Kier alpha value is -2.87. The fourth-order valence-electron chi connectivity index (χ4n) is 2.67. The zero-order valence-corrected chi connectivity index (χ0v) is 11.5. The van der Waals surface area contributed by atoms with Gasteiger partial charge in [0.15, 0.2) is 0 Å². The first-order valence-electron chi connectivity index (χ1n) is 6.98. The maximum Gasteiger partial charge on any atom is 0.147 e. The summed E-state index contributed by atoms with van der Waals surface area (Å²) in [5.74, 6) is 0. The van der Waals surface area contributed by atoms with Crippen molar-refractivity contribution in [3.05, 3.63) is 91.3 Å². The number of nitrogens with zero attached hydrogens (tertiary/aromatic N) is 2. The van der Waals surface area contributed by atoms with Gasteiger partial charge in [-0.3, -0.25) is 0 Å². The van der Waals surface area contributed by atoms with Crippen LogP contribution in [0.25, 0.3) is 22.1 Å². The van der Waals surface area contributed by atoms with Gasteiger partial charge in [0.1, 0.15) is 11.9 Å². The molecule has 0 bridgehead atoms. The van der Waals surface area contributed by atoms with Gasteiger partial charge in [-0.15, -0.1) is 0 Å². The number of rotatable bonds is 2. The largest absolute Gasteiger partial charge is 0.196 e. The molecule has 0 atom stereocenters. The van der Waals surface area contributed by atoms with Gasteiger partial charge in [-0.2, -0.15) is 9.36 Å². The summed E-state index contributed by atoms with van der Waals surface area (Å²) in [5.41, 5.74) is 2.24. The lowest BCUT2D eigenvalue weighted by Gasteiger charge is -2.11. The lowest BCUT2D eigenvalue weighted by molar-refractivity contribution is -0.678. The zero-order valence-electron chi connectivity index (χ0n) is 11.5. The molecule has 4 aromatic rings. The number of benzene rings is 3. The minimum Gasteiger partial charge on any atom is -0.196 e. The highest BCUT2D eigenvalue weighted by Crippen LogP contribution is 2.21. The Kier molecular flexibility index (Phi) is 2.79. The van der Waals surface area contributed by atoms with Crippen molar-refractivity contribution in [3.8, 4) is 11.4 Å². The number of hydrogen-bond acceptors (Lipinski definition) is 0. The van der Waals surface area contributed by atoms with Crippen LogP contribution in [0.15, 0.2) is 85.1 Å². The summed E-state index contributed by atoms with van der Waals surface area (Å²) in [4.78, 5) is 0. The van der Waals surface area contributed by atoms with Crippen molar-refractivity contribution in [2.75, 3.05) is 0 Å². The van der Waals surface area contributed by atoms with E-state index in [1.54, 1.807) is 0 Å². The Balaban J connectivity index is 1.97. The Bertz CT molecular complexity index is 886. The lowest BCUT2D eigenvalue weighted by Crippen LogP contribution is -2.39. The van der Waals surface area contributed by atoms with Crippen LogP contribution in [0.5, 0.6) is 0 Å². The first-order valence-corrected chi connectivity index (χ1v) is 6.98. The van der Waals surface area contributed by atoms with Crippen LogP contribution in [0.2, 0.25) is 0 Å². The number of para-hydroxylation sites is 1. The second-order valence-electron chi connectivity index (χ2n) is 4.94. The third kappa shape index (κ3) is 2.01. The second kappa shape index (κ2) is 4.91. The molecule has 0 aliphatic carbocycles. The minimum absolute atomic E-state index is 1.09. The van der Waals surface area contributed by atoms with E-state index in [1.807, 2.05) is 35.1 Å². The molecule has 0 saturated heterocycles. The van der Waals surface area contributed by atoms with E-state index in [4.69, 9.17) is 0 Å². The number of hydrogen-bond donors (Lipinski definition) is 0. The van der Waals surface area contributed by atoms with E-state index in [0.717, 1.165) is 11.4 Å². The molecule has 0 N–H and O–H groups in total. The molecule has 3 aromatic carbocycles. The summed E-state index contributed by atoms with van der Waals surface area (Å²) in [6, 6.07) is 27.0. The molecule has 100 valence electrons. The van der Waals surface area contributed by atoms with Crippen LogP contribution in [0.1, 0.15) is 0 Å². The molecule has 2 nitrogen and oxygen atoms in total. The first kappa shape index (κ1) is 11.9. The van der Waals surface area contributed by atoms with Crippen molar-refractivity contribution < 1.29 is 4.68 Å². The number of fused-ring (bicyclic) bond motifs is 1. The van der Waals surface area contributed by atoms with Gasteiger partial charge in [0.2, 0.25) is 0 Å². The van der Waals surface area contributed by atoms with E-state index < -0.39 is 0 Å². The molecule has 2 heteroatoms. The van der Waals surface area contributed by atoms with Gasteiger partial charge in [0, 0.05) is 5.39 Å². The molecule has 0 spiro atoms. The van der Waals surface area contributed by atoms with E-state index in [0.29, 0.717) is 0 Å². The predicted octanol–water partition coefficient (Wildman–Crippen LogP) is 3.71. The van der Waals surface area contributed by atoms with Crippen LogP contribution in [0, 0.1) is 6.20 Å². The molecule has 0 amide bonds. The van der Waals surface area contributed by atoms with Crippen LogP contribution in [-0.4, -0.2) is 4.68 Å². The fraction of sp³-hybridized carbons (Fsp3) is 0. The van der Waals surface area contributed by atoms with Crippen molar-refractivity contribution in [1.82, 2.24) is 4.68 Å². The summed E-state index contributed by atoms with van der Waals surface area (Å²) < 4.78 is 4.15. The smallest absolute Gasteiger partial charge is 0.147 e. The highest BCUT2D eigenvalue weighted by molar-refractivity contribution is 5.89. The average molecular weight is 270 g/mol. The molecule has 0 unspecified atom stereocenters. The summed E-state index contributed by atoms with van der Waals surface area (Å²) >= 11 is 0. The number of aromatic nitrogens is 2. The SMILES string of the molecule is [c-]1ccn(-c2cccc3ccccc23)[n+]1-c1ccccc1. The van der Waals surface area contributed by atoms with E-state index >= 15 is 0 Å². The predicted molar refractivity (Wildman–Crippen MR) is 83.6 cm³/mol. The van der Waals surface area contributed by atoms with E-state index in [1.165, 1.54) is 10.8 Å². The molecular formula is C19H14N2. The molecule has 21 heavy (non-hydrogen) atoms. The molecule has 1 heterocycles. The Morgan fingerprint density at radius 2 is 1.52 bits per heavy atom. The third-order valence-corrected chi connectivity index (χ3v) is 3.64. The summed E-state index contributed by atoms with van der Waals surface area (Å²) in [7, 11) is 0. The standard InChI is InChI=1S/C19H14N2/c1-2-10-17(11-3-1)20-14-7-15-21(20)19-13-6-9-16-8-4-5-12-18(16)19/h1-13,15H. The van der Waals surface area contributed by atoms with Gasteiger partial charge < -0.3 is 0 Å². The normalized spacial score (nSPS) is 10.9. The molecule has 0 aliphatic heterocycles. The summed E-state index contributed by atoms with van der Waals surface area (Å²) in [5, 5.41) is 2.47. The van der Waals surface area contributed by atoms with Gasteiger partial charge in [0.05, 0.1) is 5.69 Å². The fourth-order valence-corrected chi connectivity index (χ4v) is 2.67. The topological polar surface area (TPSA) is 8.81 Å². The maximum atomic E-state index is 3.26. The van der Waals surface area contributed by atoms with Crippen LogP contribution >= 0.6 is 0 Å². The van der Waals surface area contributed by atoms with Crippen LogP contribution in [0.3, 0.4) is 0 Å². The highest BCUT2D eigenvalue weighted by Gasteiger charge is 2.09. The molecule has 4 rings (SSSR count). The average Bonchev–Trinajstić information content (AvgIpc) is 3.04. The summed E-state index contributed by atoms with van der Waals surface area (Å²) in [6.45, 7) is 0. The molecule has 1 aromatic heterocycles. The van der Waals surface area contributed by atoms with Gasteiger partial charge in [-0.05, 0) is 29.8 Å². The molecular weight excluding hydrogens is 256 g/mol. The first-order chi connectivity index (χ1) is 10.4. The van der Waals surface area contributed by atoms with Gasteiger partial charge in [0.25, 0.3) is 0 Å². The van der Waals surface area contributed by atoms with Crippen LogP contribution < -0.4 is 4.68 Å². The highest BCUT2D eigenvalue weighted by atomic mass is 15.4. The van der Waals surface area contributed by atoms with Crippen molar-refractivity contribution in [2.24, 2.45) is 0 Å². The van der Waals surface area contributed by atoms with Gasteiger partial charge >= 0.3 is 0 Å². The second-order valence-corrected chi connectivity index (χ2v) is 4.94. The van der Waals surface area contributed by atoms with Gasteiger partial charge in [-0.25, -0.2) is 0 Å². The van der Waals surface area contributed by atoms with E-state index in [9.17, 15) is 0 Å².